The van der Waals surface area contributed by atoms with Gasteiger partial charge in [-0.2, -0.15) is 0 Å². The number of aromatic nitrogens is 1. The summed E-state index contributed by atoms with van der Waals surface area (Å²) >= 11 is 12.9. The first-order valence-electron chi connectivity index (χ1n) is 7.88. The summed E-state index contributed by atoms with van der Waals surface area (Å²) < 4.78 is 0. The molecule has 3 rings (SSSR count). The highest BCUT2D eigenvalue weighted by atomic mass is 35.5. The number of unbranched alkanes of at least 4 members (excludes halogenated alkanes) is 1. The number of rotatable bonds is 5. The van der Waals surface area contributed by atoms with Gasteiger partial charge in [0.1, 0.15) is 0 Å². The molecule has 0 fully saturated rings. The zero-order chi connectivity index (χ0) is 16.4. The molecule has 0 aliphatic heterocycles. The lowest BCUT2D eigenvalue weighted by atomic mass is 9.98. The lowest BCUT2D eigenvalue weighted by molar-refractivity contribution is 0.748. The van der Waals surface area contributed by atoms with Gasteiger partial charge in [-0.25, -0.2) is 0 Å². The molecule has 0 aliphatic carbocycles. The molecule has 0 saturated carbocycles. The number of halogens is 2. The SMILES string of the molecule is Cc1ccccc1-c1[nH]c2c(Cl)ccc(Cl)c2c1CCCCN. The topological polar surface area (TPSA) is 41.8 Å². The molecule has 0 saturated heterocycles. The Labute approximate surface area is 146 Å². The van der Waals surface area contributed by atoms with Crippen LogP contribution in [0.2, 0.25) is 10.0 Å². The maximum atomic E-state index is 6.48. The van der Waals surface area contributed by atoms with E-state index in [0.29, 0.717) is 11.6 Å². The summed E-state index contributed by atoms with van der Waals surface area (Å²) in [5.41, 5.74) is 11.3. The number of nitrogens with one attached hydrogen (secondary N) is 1. The van der Waals surface area contributed by atoms with Crippen molar-refractivity contribution in [3.8, 4) is 11.3 Å². The molecule has 3 aromatic rings. The quantitative estimate of drug-likeness (QED) is 0.569. The minimum Gasteiger partial charge on any atom is -0.353 e. The second-order valence-corrected chi connectivity index (χ2v) is 6.63. The van der Waals surface area contributed by atoms with Crippen molar-refractivity contribution in [3.63, 3.8) is 0 Å². The molecule has 120 valence electrons. The van der Waals surface area contributed by atoms with Crippen LogP contribution in [-0.2, 0) is 6.42 Å². The van der Waals surface area contributed by atoms with E-state index < -0.39 is 0 Å². The van der Waals surface area contributed by atoms with Gasteiger partial charge in [0.2, 0.25) is 0 Å². The van der Waals surface area contributed by atoms with Crippen LogP contribution in [0.25, 0.3) is 22.2 Å². The molecule has 0 aliphatic rings. The molecule has 0 spiro atoms. The highest BCUT2D eigenvalue weighted by Crippen LogP contribution is 2.39. The molecule has 3 N–H and O–H groups in total. The van der Waals surface area contributed by atoms with Gasteiger partial charge in [-0.05, 0) is 56.0 Å². The zero-order valence-electron chi connectivity index (χ0n) is 13.1. The van der Waals surface area contributed by atoms with E-state index in [1.165, 1.54) is 16.7 Å². The average Bonchev–Trinajstić information content (AvgIpc) is 2.92. The van der Waals surface area contributed by atoms with E-state index in [0.717, 1.165) is 40.9 Å². The number of fused-ring (bicyclic) bond motifs is 1. The number of aryl methyl sites for hydroxylation is 2. The molecule has 1 heterocycles. The van der Waals surface area contributed by atoms with E-state index in [9.17, 15) is 0 Å². The van der Waals surface area contributed by atoms with Crippen molar-refractivity contribution in [2.24, 2.45) is 5.73 Å². The van der Waals surface area contributed by atoms with Crippen molar-refractivity contribution in [2.75, 3.05) is 6.54 Å². The summed E-state index contributed by atoms with van der Waals surface area (Å²) in [5.74, 6) is 0. The third kappa shape index (κ3) is 3.12. The number of H-pyrrole nitrogens is 1. The van der Waals surface area contributed by atoms with E-state index in [1.54, 1.807) is 0 Å². The van der Waals surface area contributed by atoms with Crippen LogP contribution in [0, 0.1) is 6.92 Å². The Bertz CT molecular complexity index is 837. The third-order valence-corrected chi connectivity index (χ3v) is 4.88. The van der Waals surface area contributed by atoms with Gasteiger partial charge in [-0.15, -0.1) is 0 Å². The van der Waals surface area contributed by atoms with Gasteiger partial charge in [-0.3, -0.25) is 0 Å². The average molecular weight is 347 g/mol. The van der Waals surface area contributed by atoms with Crippen LogP contribution in [0.15, 0.2) is 36.4 Å². The Morgan fingerprint density at radius 2 is 1.74 bits per heavy atom. The van der Waals surface area contributed by atoms with Gasteiger partial charge in [-0.1, -0.05) is 47.5 Å². The Balaban J connectivity index is 2.24. The largest absolute Gasteiger partial charge is 0.353 e. The molecule has 23 heavy (non-hydrogen) atoms. The summed E-state index contributed by atoms with van der Waals surface area (Å²) in [4.78, 5) is 3.51. The standard InChI is InChI=1S/C19H20Cl2N2/c1-12-6-2-3-7-13(12)18-14(8-4-5-11-22)17-15(20)9-10-16(21)19(17)23-18/h2-3,6-7,9-10,23H,4-5,8,11,22H2,1H3. The van der Waals surface area contributed by atoms with Gasteiger partial charge in [0.25, 0.3) is 0 Å². The monoisotopic (exact) mass is 346 g/mol. The second kappa shape index (κ2) is 6.96. The minimum atomic E-state index is 0.698. The van der Waals surface area contributed by atoms with Crippen molar-refractivity contribution in [3.05, 3.63) is 57.6 Å². The molecule has 0 radical (unpaired) electrons. The maximum Gasteiger partial charge on any atom is 0.0666 e. The normalized spacial score (nSPS) is 11.3. The Kier molecular flexibility index (Phi) is 4.96. The molecular formula is C19H20Cl2N2. The number of benzene rings is 2. The van der Waals surface area contributed by atoms with Gasteiger partial charge in [0.15, 0.2) is 0 Å². The maximum absolute atomic E-state index is 6.48. The van der Waals surface area contributed by atoms with Crippen LogP contribution in [0.4, 0.5) is 0 Å². The van der Waals surface area contributed by atoms with E-state index in [-0.39, 0.29) is 0 Å². The minimum absolute atomic E-state index is 0.698. The summed E-state index contributed by atoms with van der Waals surface area (Å²) in [6.07, 6.45) is 2.96. The fraction of sp³-hybridized carbons (Fsp3) is 0.263. The Morgan fingerprint density at radius 3 is 2.48 bits per heavy atom. The molecule has 0 atom stereocenters. The van der Waals surface area contributed by atoms with E-state index in [1.807, 2.05) is 12.1 Å². The molecule has 0 unspecified atom stereocenters. The van der Waals surface area contributed by atoms with Crippen molar-refractivity contribution in [1.29, 1.82) is 0 Å². The summed E-state index contributed by atoms with van der Waals surface area (Å²) in [5, 5.41) is 2.47. The second-order valence-electron chi connectivity index (χ2n) is 5.82. The Morgan fingerprint density at radius 1 is 1.00 bits per heavy atom. The van der Waals surface area contributed by atoms with E-state index in [2.05, 4.69) is 36.2 Å². The zero-order valence-corrected chi connectivity index (χ0v) is 14.6. The van der Waals surface area contributed by atoms with Crippen molar-refractivity contribution in [2.45, 2.75) is 26.2 Å². The van der Waals surface area contributed by atoms with Crippen molar-refractivity contribution < 1.29 is 0 Å². The fourth-order valence-corrected chi connectivity index (χ4v) is 3.55. The number of aromatic amines is 1. The third-order valence-electron chi connectivity index (χ3n) is 4.25. The molecule has 2 nitrogen and oxygen atoms in total. The van der Waals surface area contributed by atoms with Crippen LogP contribution in [-0.4, -0.2) is 11.5 Å². The summed E-state index contributed by atoms with van der Waals surface area (Å²) in [6.45, 7) is 2.82. The van der Waals surface area contributed by atoms with Crippen LogP contribution >= 0.6 is 23.2 Å². The van der Waals surface area contributed by atoms with Crippen molar-refractivity contribution in [1.82, 2.24) is 4.98 Å². The molecule has 0 bridgehead atoms. The first-order valence-corrected chi connectivity index (χ1v) is 8.63. The van der Waals surface area contributed by atoms with Crippen LogP contribution in [0.3, 0.4) is 0 Å². The van der Waals surface area contributed by atoms with Gasteiger partial charge in [0, 0.05) is 10.9 Å². The predicted molar refractivity (Wildman–Crippen MR) is 100 cm³/mol. The number of hydrogen-bond donors (Lipinski definition) is 2. The summed E-state index contributed by atoms with van der Waals surface area (Å²) in [7, 11) is 0. The number of hydrogen-bond acceptors (Lipinski definition) is 1. The smallest absolute Gasteiger partial charge is 0.0666 e. The summed E-state index contributed by atoms with van der Waals surface area (Å²) in [6, 6.07) is 12.1. The lowest BCUT2D eigenvalue weighted by Gasteiger charge is -2.08. The number of nitrogens with two attached hydrogens (primary N) is 1. The van der Waals surface area contributed by atoms with Gasteiger partial charge < -0.3 is 10.7 Å². The molecule has 1 aromatic heterocycles. The van der Waals surface area contributed by atoms with Crippen LogP contribution < -0.4 is 5.73 Å². The highest BCUT2D eigenvalue weighted by molar-refractivity contribution is 6.40. The predicted octanol–water partition coefficient (Wildman–Crippen LogP) is 5.73. The highest BCUT2D eigenvalue weighted by Gasteiger charge is 2.18. The van der Waals surface area contributed by atoms with E-state index in [4.69, 9.17) is 28.9 Å². The first kappa shape index (κ1) is 16.4. The molecule has 0 amide bonds. The molecule has 2 aromatic carbocycles. The van der Waals surface area contributed by atoms with Gasteiger partial charge in [0.05, 0.1) is 21.3 Å². The molecule has 4 heteroatoms. The van der Waals surface area contributed by atoms with Crippen LogP contribution in [0.1, 0.15) is 24.0 Å². The molecular weight excluding hydrogens is 327 g/mol. The Hall–Kier alpha value is -1.48. The van der Waals surface area contributed by atoms with Crippen molar-refractivity contribution >= 4 is 34.1 Å². The van der Waals surface area contributed by atoms with E-state index >= 15 is 0 Å². The van der Waals surface area contributed by atoms with Gasteiger partial charge >= 0.3 is 0 Å². The first-order chi connectivity index (χ1) is 11.1. The fourth-order valence-electron chi connectivity index (χ4n) is 3.07. The van der Waals surface area contributed by atoms with Crippen LogP contribution in [0.5, 0.6) is 0 Å². The lowest BCUT2D eigenvalue weighted by Crippen LogP contribution is -1.99.